The van der Waals surface area contributed by atoms with E-state index in [9.17, 15) is 0 Å². The van der Waals surface area contributed by atoms with Gasteiger partial charge in [0.05, 0.1) is 17.6 Å². The third-order valence-electron chi connectivity index (χ3n) is 2.04. The van der Waals surface area contributed by atoms with Crippen LogP contribution in [-0.2, 0) is 7.05 Å². The van der Waals surface area contributed by atoms with Gasteiger partial charge in [-0.3, -0.25) is 9.67 Å². The molecular formula is C12H18N4. The first-order valence-corrected chi connectivity index (χ1v) is 5.39. The van der Waals surface area contributed by atoms with Crippen LogP contribution in [0.15, 0.2) is 24.5 Å². The Kier molecular flexibility index (Phi) is 4.05. The highest BCUT2D eigenvalue weighted by atomic mass is 15.2. The lowest BCUT2D eigenvalue weighted by Crippen LogP contribution is -1.94. The van der Waals surface area contributed by atoms with Crippen molar-refractivity contribution in [3.63, 3.8) is 0 Å². The van der Waals surface area contributed by atoms with E-state index in [2.05, 4.69) is 10.1 Å². The molecule has 0 spiro atoms. The number of aryl methyl sites for hydroxylation is 2. The molecule has 2 aromatic heterocycles. The molecule has 2 aromatic rings. The highest BCUT2D eigenvalue weighted by Crippen LogP contribution is 2.22. The molecule has 86 valence electrons. The summed E-state index contributed by atoms with van der Waals surface area (Å²) in [7, 11) is 1.87. The number of nitrogen functional groups attached to an aromatic ring is 1. The van der Waals surface area contributed by atoms with Crippen LogP contribution in [0.3, 0.4) is 0 Å². The van der Waals surface area contributed by atoms with Crippen LogP contribution in [-0.4, -0.2) is 14.8 Å². The average Bonchev–Trinajstić information content (AvgIpc) is 2.71. The number of hydrogen-bond donors (Lipinski definition) is 1. The number of pyridine rings is 1. The van der Waals surface area contributed by atoms with Gasteiger partial charge in [0.15, 0.2) is 0 Å². The Bertz CT molecular complexity index is 460. The third kappa shape index (κ3) is 2.59. The lowest BCUT2D eigenvalue weighted by Gasteiger charge is -2.02. The summed E-state index contributed by atoms with van der Waals surface area (Å²) in [5.41, 5.74) is 9.23. The van der Waals surface area contributed by atoms with Gasteiger partial charge in [0.25, 0.3) is 0 Å². The van der Waals surface area contributed by atoms with Crippen molar-refractivity contribution in [1.29, 1.82) is 0 Å². The van der Waals surface area contributed by atoms with Crippen molar-refractivity contribution >= 4 is 5.69 Å². The number of aromatic nitrogens is 3. The predicted molar refractivity (Wildman–Crippen MR) is 66.9 cm³/mol. The first-order valence-electron chi connectivity index (χ1n) is 5.39. The van der Waals surface area contributed by atoms with E-state index >= 15 is 0 Å². The normalized spacial score (nSPS) is 9.50. The monoisotopic (exact) mass is 218 g/mol. The van der Waals surface area contributed by atoms with Gasteiger partial charge in [0.1, 0.15) is 0 Å². The van der Waals surface area contributed by atoms with Gasteiger partial charge in [-0.2, -0.15) is 5.10 Å². The van der Waals surface area contributed by atoms with Crippen LogP contribution < -0.4 is 5.73 Å². The summed E-state index contributed by atoms with van der Waals surface area (Å²) >= 11 is 0. The zero-order valence-corrected chi connectivity index (χ0v) is 10.2. The number of nitrogens with two attached hydrogens (primary N) is 1. The zero-order chi connectivity index (χ0) is 12.1. The summed E-state index contributed by atoms with van der Waals surface area (Å²) in [4.78, 5) is 4.38. The minimum atomic E-state index is 0.684. The standard InChI is InChI=1S/C10H12N4.C2H6/c1-7-3-4-9(11)10(13-7)8-5-12-14(2)6-8;1-2/h3-6H,11H2,1-2H3;1-2H3. The topological polar surface area (TPSA) is 56.7 Å². The van der Waals surface area contributed by atoms with Gasteiger partial charge in [-0.15, -0.1) is 0 Å². The van der Waals surface area contributed by atoms with Crippen molar-refractivity contribution in [1.82, 2.24) is 14.8 Å². The fourth-order valence-electron chi connectivity index (χ4n) is 1.34. The Balaban J connectivity index is 0.000000606. The summed E-state index contributed by atoms with van der Waals surface area (Å²) in [6.07, 6.45) is 3.66. The van der Waals surface area contributed by atoms with Crippen molar-refractivity contribution in [3.05, 3.63) is 30.2 Å². The second kappa shape index (κ2) is 5.30. The highest BCUT2D eigenvalue weighted by molar-refractivity contribution is 5.71. The molecular weight excluding hydrogens is 200 g/mol. The molecule has 4 nitrogen and oxygen atoms in total. The third-order valence-corrected chi connectivity index (χ3v) is 2.04. The molecule has 2 heterocycles. The maximum Gasteiger partial charge on any atom is 0.0965 e. The van der Waals surface area contributed by atoms with Gasteiger partial charge in [-0.1, -0.05) is 13.8 Å². The molecule has 0 aromatic carbocycles. The van der Waals surface area contributed by atoms with Crippen LogP contribution in [0.25, 0.3) is 11.3 Å². The molecule has 2 rings (SSSR count). The fraction of sp³-hybridized carbons (Fsp3) is 0.333. The summed E-state index contributed by atoms with van der Waals surface area (Å²) in [6.45, 7) is 5.94. The quantitative estimate of drug-likeness (QED) is 0.799. The summed E-state index contributed by atoms with van der Waals surface area (Å²) in [5.74, 6) is 0. The number of hydrogen-bond acceptors (Lipinski definition) is 3. The van der Waals surface area contributed by atoms with Gasteiger partial charge in [-0.05, 0) is 19.1 Å². The zero-order valence-electron chi connectivity index (χ0n) is 10.2. The molecule has 0 aliphatic carbocycles. The van der Waals surface area contributed by atoms with E-state index in [1.807, 2.05) is 46.1 Å². The van der Waals surface area contributed by atoms with Gasteiger partial charge in [0.2, 0.25) is 0 Å². The number of nitrogens with zero attached hydrogens (tertiary/aromatic N) is 3. The molecule has 0 radical (unpaired) electrons. The maximum absolute atomic E-state index is 5.83. The number of rotatable bonds is 1. The van der Waals surface area contributed by atoms with E-state index in [1.165, 1.54) is 0 Å². The molecule has 2 N–H and O–H groups in total. The molecule has 16 heavy (non-hydrogen) atoms. The van der Waals surface area contributed by atoms with Crippen LogP contribution in [0.4, 0.5) is 5.69 Å². The van der Waals surface area contributed by atoms with Crippen molar-refractivity contribution in [2.75, 3.05) is 5.73 Å². The van der Waals surface area contributed by atoms with E-state index in [0.717, 1.165) is 17.0 Å². The highest BCUT2D eigenvalue weighted by Gasteiger charge is 2.06. The second-order valence-electron chi connectivity index (χ2n) is 3.29. The van der Waals surface area contributed by atoms with Crippen LogP contribution in [0, 0.1) is 6.92 Å². The van der Waals surface area contributed by atoms with Gasteiger partial charge in [0, 0.05) is 24.5 Å². The molecule has 0 atom stereocenters. The minimum Gasteiger partial charge on any atom is -0.397 e. The van der Waals surface area contributed by atoms with Crippen molar-refractivity contribution in [2.45, 2.75) is 20.8 Å². The van der Waals surface area contributed by atoms with Gasteiger partial charge < -0.3 is 5.73 Å². The summed E-state index contributed by atoms with van der Waals surface area (Å²) in [5, 5.41) is 4.08. The smallest absolute Gasteiger partial charge is 0.0965 e. The molecule has 0 aliphatic heterocycles. The largest absolute Gasteiger partial charge is 0.397 e. The Morgan fingerprint density at radius 1 is 1.25 bits per heavy atom. The van der Waals surface area contributed by atoms with Crippen molar-refractivity contribution in [2.24, 2.45) is 7.05 Å². The molecule has 0 saturated heterocycles. The first-order chi connectivity index (χ1) is 7.66. The first kappa shape index (κ1) is 12.2. The molecule has 0 saturated carbocycles. The SMILES string of the molecule is CC.Cc1ccc(N)c(-c2cnn(C)c2)n1. The van der Waals surface area contributed by atoms with E-state index in [1.54, 1.807) is 10.9 Å². The Morgan fingerprint density at radius 2 is 1.94 bits per heavy atom. The van der Waals surface area contributed by atoms with Crippen molar-refractivity contribution in [3.8, 4) is 11.3 Å². The van der Waals surface area contributed by atoms with Gasteiger partial charge >= 0.3 is 0 Å². The Labute approximate surface area is 96.1 Å². The molecule has 0 amide bonds. The molecule has 0 fully saturated rings. The van der Waals surface area contributed by atoms with Crippen LogP contribution >= 0.6 is 0 Å². The molecule has 4 heteroatoms. The predicted octanol–water partition coefficient (Wildman–Crippen LogP) is 2.40. The fourth-order valence-corrected chi connectivity index (χ4v) is 1.34. The van der Waals surface area contributed by atoms with E-state index < -0.39 is 0 Å². The van der Waals surface area contributed by atoms with Crippen LogP contribution in [0.1, 0.15) is 19.5 Å². The second-order valence-corrected chi connectivity index (χ2v) is 3.29. The van der Waals surface area contributed by atoms with Crippen molar-refractivity contribution < 1.29 is 0 Å². The Morgan fingerprint density at radius 3 is 2.50 bits per heavy atom. The Hall–Kier alpha value is -1.84. The van der Waals surface area contributed by atoms with E-state index in [-0.39, 0.29) is 0 Å². The lowest BCUT2D eigenvalue weighted by molar-refractivity contribution is 0.768. The maximum atomic E-state index is 5.83. The molecule has 0 aliphatic rings. The minimum absolute atomic E-state index is 0.684. The lowest BCUT2D eigenvalue weighted by atomic mass is 10.2. The molecule has 0 bridgehead atoms. The molecule has 0 unspecified atom stereocenters. The summed E-state index contributed by atoms with van der Waals surface area (Å²) < 4.78 is 1.73. The van der Waals surface area contributed by atoms with Crippen LogP contribution in [0.5, 0.6) is 0 Å². The summed E-state index contributed by atoms with van der Waals surface area (Å²) in [6, 6.07) is 3.76. The average molecular weight is 218 g/mol. The number of anilines is 1. The van der Waals surface area contributed by atoms with Crippen LogP contribution in [0.2, 0.25) is 0 Å². The van der Waals surface area contributed by atoms with E-state index in [0.29, 0.717) is 5.69 Å². The van der Waals surface area contributed by atoms with Gasteiger partial charge in [-0.25, -0.2) is 0 Å². The van der Waals surface area contributed by atoms with E-state index in [4.69, 9.17) is 5.73 Å².